The van der Waals surface area contributed by atoms with Gasteiger partial charge in [0, 0.05) is 45.8 Å². The molecule has 0 aliphatic carbocycles. The quantitative estimate of drug-likeness (QED) is 0.869. The fourth-order valence-corrected chi connectivity index (χ4v) is 3.11. The number of imidazole rings is 1. The van der Waals surface area contributed by atoms with Gasteiger partial charge in [-0.15, -0.1) is 0 Å². The van der Waals surface area contributed by atoms with Crippen LogP contribution in [0.3, 0.4) is 0 Å². The number of piperazine rings is 1. The summed E-state index contributed by atoms with van der Waals surface area (Å²) in [5.41, 5.74) is 0.868. The Balaban J connectivity index is 1.85. The average molecular weight is 371 g/mol. The minimum absolute atomic E-state index is 0.0126. The summed E-state index contributed by atoms with van der Waals surface area (Å²) in [4.78, 5) is 44.8. The molecular formula is C19H25N5O3. The lowest BCUT2D eigenvalue weighted by Crippen LogP contribution is -2.50. The highest BCUT2D eigenvalue weighted by atomic mass is 16.2. The fourth-order valence-electron chi connectivity index (χ4n) is 3.11. The lowest BCUT2D eigenvalue weighted by atomic mass is 10.2. The van der Waals surface area contributed by atoms with Gasteiger partial charge < -0.3 is 15.1 Å². The van der Waals surface area contributed by atoms with Gasteiger partial charge in [-0.2, -0.15) is 0 Å². The number of rotatable bonds is 4. The Bertz CT molecular complexity index is 865. The van der Waals surface area contributed by atoms with Crippen molar-refractivity contribution >= 4 is 23.2 Å². The highest BCUT2D eigenvalue weighted by molar-refractivity contribution is 6.02. The van der Waals surface area contributed by atoms with E-state index < -0.39 is 0 Å². The third-order valence-corrected chi connectivity index (χ3v) is 4.64. The van der Waals surface area contributed by atoms with Crippen molar-refractivity contribution in [3.05, 3.63) is 35.9 Å². The van der Waals surface area contributed by atoms with Crippen LogP contribution in [0, 0.1) is 5.92 Å². The van der Waals surface area contributed by atoms with E-state index in [0.29, 0.717) is 44.2 Å². The molecule has 1 saturated heterocycles. The zero-order valence-corrected chi connectivity index (χ0v) is 15.9. The first-order valence-electron chi connectivity index (χ1n) is 9.18. The Morgan fingerprint density at radius 1 is 1.11 bits per heavy atom. The summed E-state index contributed by atoms with van der Waals surface area (Å²) >= 11 is 0. The predicted molar refractivity (Wildman–Crippen MR) is 101 cm³/mol. The minimum atomic E-state index is -0.301. The molecule has 1 N–H and O–H groups in total. The normalized spacial score (nSPS) is 14.7. The Morgan fingerprint density at radius 3 is 2.41 bits per heavy atom. The summed E-state index contributed by atoms with van der Waals surface area (Å²) < 4.78 is 1.65. The van der Waals surface area contributed by atoms with Crippen LogP contribution >= 0.6 is 0 Å². The van der Waals surface area contributed by atoms with Crippen LogP contribution in [0.4, 0.5) is 0 Å². The average Bonchev–Trinajstić information content (AvgIpc) is 3.05. The number of carbonyl (C=O) groups excluding carboxylic acids is 3. The molecule has 0 radical (unpaired) electrons. The summed E-state index contributed by atoms with van der Waals surface area (Å²) in [7, 11) is 0. The van der Waals surface area contributed by atoms with Crippen LogP contribution in [0.15, 0.2) is 24.4 Å². The molecule has 0 spiro atoms. The number of hydrogen-bond donors (Lipinski definition) is 1. The Kier molecular flexibility index (Phi) is 5.43. The molecule has 3 rings (SSSR count). The summed E-state index contributed by atoms with van der Waals surface area (Å²) in [6.07, 6.45) is 1.73. The predicted octanol–water partition coefficient (Wildman–Crippen LogP) is 1.02. The van der Waals surface area contributed by atoms with E-state index in [4.69, 9.17) is 0 Å². The van der Waals surface area contributed by atoms with Crippen molar-refractivity contribution in [1.29, 1.82) is 0 Å². The molecule has 1 fully saturated rings. The highest BCUT2D eigenvalue weighted by Crippen LogP contribution is 2.17. The third-order valence-electron chi connectivity index (χ3n) is 4.64. The van der Waals surface area contributed by atoms with Crippen molar-refractivity contribution < 1.29 is 14.4 Å². The minimum Gasteiger partial charge on any atom is -0.349 e. The van der Waals surface area contributed by atoms with E-state index in [2.05, 4.69) is 10.3 Å². The number of pyridine rings is 1. The molecule has 0 aromatic carbocycles. The molecule has 27 heavy (non-hydrogen) atoms. The van der Waals surface area contributed by atoms with Crippen LogP contribution in [-0.2, 0) is 4.79 Å². The van der Waals surface area contributed by atoms with Crippen molar-refractivity contribution in [1.82, 2.24) is 24.5 Å². The Morgan fingerprint density at radius 2 is 1.78 bits per heavy atom. The van der Waals surface area contributed by atoms with Crippen molar-refractivity contribution in [3.8, 4) is 0 Å². The topological polar surface area (TPSA) is 87.0 Å². The molecule has 0 atom stereocenters. The third kappa shape index (κ3) is 3.94. The van der Waals surface area contributed by atoms with E-state index in [1.165, 1.54) is 6.92 Å². The first-order chi connectivity index (χ1) is 12.9. The number of nitrogens with one attached hydrogen (secondary N) is 1. The molecular weight excluding hydrogens is 346 g/mol. The van der Waals surface area contributed by atoms with E-state index >= 15 is 0 Å². The largest absolute Gasteiger partial charge is 0.349 e. The molecule has 2 aromatic heterocycles. The molecule has 1 aliphatic heterocycles. The summed E-state index contributed by atoms with van der Waals surface area (Å²) in [5, 5.41) is 2.85. The second kappa shape index (κ2) is 7.77. The van der Waals surface area contributed by atoms with Gasteiger partial charge in [-0.1, -0.05) is 19.9 Å². The highest BCUT2D eigenvalue weighted by Gasteiger charge is 2.28. The van der Waals surface area contributed by atoms with Crippen molar-refractivity contribution in [2.24, 2.45) is 5.92 Å². The molecule has 8 nitrogen and oxygen atoms in total. The van der Waals surface area contributed by atoms with Crippen LogP contribution in [0.25, 0.3) is 5.52 Å². The molecule has 144 valence electrons. The monoisotopic (exact) mass is 371 g/mol. The first-order valence-corrected chi connectivity index (χ1v) is 9.18. The number of fused-ring (bicyclic) bond motifs is 1. The second-order valence-corrected chi connectivity index (χ2v) is 7.14. The van der Waals surface area contributed by atoms with Gasteiger partial charge in [-0.25, -0.2) is 4.98 Å². The maximum atomic E-state index is 13.0. The van der Waals surface area contributed by atoms with Gasteiger partial charge in [-0.3, -0.25) is 18.8 Å². The van der Waals surface area contributed by atoms with E-state index in [0.717, 1.165) is 0 Å². The van der Waals surface area contributed by atoms with Crippen molar-refractivity contribution in [3.63, 3.8) is 0 Å². The first kappa shape index (κ1) is 18.9. The van der Waals surface area contributed by atoms with E-state index in [1.807, 2.05) is 19.9 Å². The van der Waals surface area contributed by atoms with Gasteiger partial charge >= 0.3 is 0 Å². The number of carbonyl (C=O) groups is 3. The van der Waals surface area contributed by atoms with Gasteiger partial charge in [0.25, 0.3) is 11.8 Å². The molecule has 3 amide bonds. The van der Waals surface area contributed by atoms with Gasteiger partial charge in [0.05, 0.1) is 5.52 Å². The zero-order chi connectivity index (χ0) is 19.6. The second-order valence-electron chi connectivity index (χ2n) is 7.14. The number of hydrogen-bond acceptors (Lipinski definition) is 4. The number of nitrogens with zero attached hydrogens (tertiary/aromatic N) is 4. The summed E-state index contributed by atoms with van der Waals surface area (Å²) in [6.45, 7) is 8.03. The van der Waals surface area contributed by atoms with Crippen molar-refractivity contribution in [2.75, 3.05) is 32.7 Å². The fraction of sp³-hybridized carbons (Fsp3) is 0.474. The lowest BCUT2D eigenvalue weighted by molar-refractivity contribution is -0.130. The smallest absolute Gasteiger partial charge is 0.287 e. The van der Waals surface area contributed by atoms with Crippen LogP contribution in [0.1, 0.15) is 41.9 Å². The number of aromatic nitrogens is 2. The Labute approximate surface area is 158 Å². The molecule has 2 aromatic rings. The summed E-state index contributed by atoms with van der Waals surface area (Å²) in [6, 6.07) is 5.40. The van der Waals surface area contributed by atoms with Gasteiger partial charge in [0.1, 0.15) is 0 Å². The van der Waals surface area contributed by atoms with E-state index in [1.54, 1.807) is 32.5 Å². The SMILES string of the molecule is CC(=O)N1CCN(C(=O)c2nc(C(=O)NCC(C)C)n3ccccc23)CC1. The molecule has 0 saturated carbocycles. The van der Waals surface area contributed by atoms with Gasteiger partial charge in [0.15, 0.2) is 5.69 Å². The standard InChI is InChI=1S/C19H25N5O3/c1-13(2)12-20-18(26)17-21-16(15-6-4-5-7-24(15)17)19(27)23-10-8-22(9-11-23)14(3)25/h4-7,13H,8-12H2,1-3H3,(H,20,26). The van der Waals surface area contributed by atoms with Gasteiger partial charge in [0.2, 0.25) is 11.7 Å². The molecule has 0 bridgehead atoms. The van der Waals surface area contributed by atoms with Crippen LogP contribution < -0.4 is 5.32 Å². The van der Waals surface area contributed by atoms with E-state index in [9.17, 15) is 14.4 Å². The lowest BCUT2D eigenvalue weighted by Gasteiger charge is -2.33. The number of amides is 3. The molecule has 8 heteroatoms. The van der Waals surface area contributed by atoms with E-state index in [-0.39, 0.29) is 29.2 Å². The maximum absolute atomic E-state index is 13.0. The molecule has 3 heterocycles. The van der Waals surface area contributed by atoms with Crippen LogP contribution in [0.5, 0.6) is 0 Å². The van der Waals surface area contributed by atoms with Crippen molar-refractivity contribution in [2.45, 2.75) is 20.8 Å². The Hall–Kier alpha value is -2.90. The molecule has 0 unspecified atom stereocenters. The maximum Gasteiger partial charge on any atom is 0.287 e. The van der Waals surface area contributed by atoms with Crippen LogP contribution in [-0.4, -0.2) is 69.6 Å². The summed E-state index contributed by atoms with van der Waals surface area (Å²) in [5.74, 6) is 0.0182. The van der Waals surface area contributed by atoms with Gasteiger partial charge in [-0.05, 0) is 18.1 Å². The molecule has 1 aliphatic rings. The zero-order valence-electron chi connectivity index (χ0n) is 15.9. The van der Waals surface area contributed by atoms with Crippen LogP contribution in [0.2, 0.25) is 0 Å².